The average Bonchev–Trinajstić information content (AvgIpc) is 3.44. The van der Waals surface area contributed by atoms with Gasteiger partial charge in [-0.05, 0) is 62.9 Å². The molecule has 7 heteroatoms. The highest BCUT2D eigenvalue weighted by molar-refractivity contribution is 5.92. The Balaban J connectivity index is 1.66. The number of fused-ring (bicyclic) bond motifs is 1. The van der Waals surface area contributed by atoms with Crippen LogP contribution in [0.15, 0.2) is 24.3 Å². The van der Waals surface area contributed by atoms with Gasteiger partial charge >= 0.3 is 0 Å². The Labute approximate surface area is 161 Å². The molecule has 0 atom stereocenters. The molecular formula is C21H22F2N4O. The topological polar surface area (TPSA) is 59.8 Å². The van der Waals surface area contributed by atoms with Crippen LogP contribution in [0.5, 0.6) is 0 Å². The van der Waals surface area contributed by atoms with E-state index >= 15 is 0 Å². The lowest BCUT2D eigenvalue weighted by Crippen LogP contribution is -2.20. The summed E-state index contributed by atoms with van der Waals surface area (Å²) in [6, 6.07) is 7.18. The first kappa shape index (κ1) is 18.5. The second-order valence-electron chi connectivity index (χ2n) is 7.50. The maximum absolute atomic E-state index is 13.6. The Morgan fingerprint density at radius 3 is 2.61 bits per heavy atom. The van der Waals surface area contributed by atoms with Crippen molar-refractivity contribution in [2.75, 3.05) is 5.32 Å². The van der Waals surface area contributed by atoms with E-state index in [1.165, 1.54) is 10.7 Å². The normalized spacial score (nSPS) is 14.1. The summed E-state index contributed by atoms with van der Waals surface area (Å²) in [5.74, 6) is -0.0419. The molecule has 4 rings (SSSR count). The van der Waals surface area contributed by atoms with Crippen LogP contribution in [0.3, 0.4) is 0 Å². The van der Waals surface area contributed by atoms with Crippen molar-refractivity contribution in [3.05, 3.63) is 52.3 Å². The number of hydrogen-bond donors (Lipinski definition) is 1. The number of nitrogens with one attached hydrogen (secondary N) is 1. The van der Waals surface area contributed by atoms with E-state index in [9.17, 15) is 13.6 Å². The average molecular weight is 384 g/mol. The van der Waals surface area contributed by atoms with Crippen LogP contribution in [0.4, 0.5) is 14.5 Å². The zero-order valence-corrected chi connectivity index (χ0v) is 16.1. The lowest BCUT2D eigenvalue weighted by molar-refractivity contribution is -0.116. The number of pyridine rings is 1. The van der Waals surface area contributed by atoms with Crippen molar-refractivity contribution in [3.8, 4) is 0 Å². The maximum atomic E-state index is 13.6. The molecule has 0 aliphatic heterocycles. The Hall–Kier alpha value is -2.83. The largest absolute Gasteiger partial charge is 0.324 e. The summed E-state index contributed by atoms with van der Waals surface area (Å²) in [4.78, 5) is 17.1. The van der Waals surface area contributed by atoms with E-state index in [0.29, 0.717) is 28.1 Å². The third-order valence-corrected chi connectivity index (χ3v) is 5.24. The van der Waals surface area contributed by atoms with Gasteiger partial charge in [0.05, 0.1) is 11.1 Å². The molecule has 1 aromatic carbocycles. The molecule has 0 saturated heterocycles. The van der Waals surface area contributed by atoms with Gasteiger partial charge < -0.3 is 5.32 Å². The molecule has 5 nitrogen and oxygen atoms in total. The van der Waals surface area contributed by atoms with Crippen molar-refractivity contribution in [1.82, 2.24) is 14.8 Å². The fourth-order valence-corrected chi connectivity index (χ4v) is 3.43. The third-order valence-electron chi connectivity index (χ3n) is 5.24. The third kappa shape index (κ3) is 3.48. The quantitative estimate of drug-likeness (QED) is 0.687. The van der Waals surface area contributed by atoms with Crippen molar-refractivity contribution < 1.29 is 13.6 Å². The number of benzene rings is 1. The van der Waals surface area contributed by atoms with Gasteiger partial charge in [-0.1, -0.05) is 6.07 Å². The van der Waals surface area contributed by atoms with E-state index in [0.717, 1.165) is 24.0 Å². The minimum atomic E-state index is -2.61. The number of aromatic nitrogens is 3. The fourth-order valence-electron chi connectivity index (χ4n) is 3.43. The number of nitrogens with zero attached hydrogens (tertiary/aromatic N) is 3. The number of amides is 1. The van der Waals surface area contributed by atoms with Crippen LogP contribution in [-0.2, 0) is 11.3 Å². The van der Waals surface area contributed by atoms with Gasteiger partial charge in [-0.2, -0.15) is 5.10 Å². The monoisotopic (exact) mass is 384 g/mol. The van der Waals surface area contributed by atoms with Crippen molar-refractivity contribution in [3.63, 3.8) is 0 Å². The molecule has 1 aliphatic rings. The zero-order chi connectivity index (χ0) is 20.0. The molecule has 0 radical (unpaired) electrons. The molecule has 1 amide bonds. The number of alkyl halides is 2. The Morgan fingerprint density at radius 2 is 1.96 bits per heavy atom. The van der Waals surface area contributed by atoms with Gasteiger partial charge in [-0.3, -0.25) is 4.79 Å². The van der Waals surface area contributed by atoms with Crippen LogP contribution in [0.2, 0.25) is 0 Å². The molecule has 1 fully saturated rings. The van der Waals surface area contributed by atoms with Crippen molar-refractivity contribution in [2.24, 2.45) is 0 Å². The zero-order valence-electron chi connectivity index (χ0n) is 16.1. The smallest absolute Gasteiger partial charge is 0.264 e. The lowest BCUT2D eigenvalue weighted by Gasteiger charge is -2.09. The fraction of sp³-hybridized carbons (Fsp3) is 0.381. The summed E-state index contributed by atoms with van der Waals surface area (Å²) in [5, 5.41) is 7.52. The number of aryl methyl sites for hydroxylation is 3. The van der Waals surface area contributed by atoms with Crippen LogP contribution in [0, 0.1) is 20.8 Å². The minimum Gasteiger partial charge on any atom is -0.324 e. The van der Waals surface area contributed by atoms with Crippen molar-refractivity contribution >= 4 is 22.6 Å². The summed E-state index contributed by atoms with van der Waals surface area (Å²) in [5.41, 5.74) is 4.34. The number of carbonyl (C=O) groups is 1. The molecule has 28 heavy (non-hydrogen) atoms. The van der Waals surface area contributed by atoms with Crippen LogP contribution in [0.25, 0.3) is 11.0 Å². The first-order chi connectivity index (χ1) is 13.3. The number of anilines is 1. The highest BCUT2D eigenvalue weighted by Gasteiger charge is 2.29. The summed E-state index contributed by atoms with van der Waals surface area (Å²) in [6.07, 6.45) is -0.688. The number of halogens is 2. The molecule has 1 N–H and O–H groups in total. The Kier molecular flexibility index (Phi) is 4.61. The predicted octanol–water partition coefficient (Wildman–Crippen LogP) is 4.81. The second kappa shape index (κ2) is 6.96. The van der Waals surface area contributed by atoms with Gasteiger partial charge in [0.15, 0.2) is 5.65 Å². The van der Waals surface area contributed by atoms with E-state index < -0.39 is 6.43 Å². The van der Waals surface area contributed by atoms with Crippen LogP contribution >= 0.6 is 0 Å². The van der Waals surface area contributed by atoms with Gasteiger partial charge in [-0.25, -0.2) is 18.4 Å². The van der Waals surface area contributed by atoms with Gasteiger partial charge in [0, 0.05) is 22.9 Å². The molecule has 2 heterocycles. The number of carbonyl (C=O) groups excluding carboxylic acids is 1. The van der Waals surface area contributed by atoms with Crippen LogP contribution < -0.4 is 5.32 Å². The van der Waals surface area contributed by atoms with Crippen molar-refractivity contribution in [2.45, 2.75) is 52.5 Å². The Morgan fingerprint density at radius 1 is 1.21 bits per heavy atom. The predicted molar refractivity (Wildman–Crippen MR) is 104 cm³/mol. The number of rotatable bonds is 5. The second-order valence-corrected chi connectivity index (χ2v) is 7.50. The summed E-state index contributed by atoms with van der Waals surface area (Å²) < 4.78 is 28.7. The minimum absolute atomic E-state index is 0.0507. The van der Waals surface area contributed by atoms with Gasteiger partial charge in [0.2, 0.25) is 5.91 Å². The number of hydrogen-bond acceptors (Lipinski definition) is 3. The summed E-state index contributed by atoms with van der Waals surface area (Å²) in [6.45, 7) is 5.57. The van der Waals surface area contributed by atoms with Crippen molar-refractivity contribution in [1.29, 1.82) is 0 Å². The molecule has 0 spiro atoms. The summed E-state index contributed by atoms with van der Waals surface area (Å²) >= 11 is 0. The van der Waals surface area contributed by atoms with Gasteiger partial charge in [-0.15, -0.1) is 0 Å². The maximum Gasteiger partial charge on any atom is 0.264 e. The van der Waals surface area contributed by atoms with Gasteiger partial charge in [0.1, 0.15) is 6.54 Å². The molecular weight excluding hydrogens is 362 g/mol. The van der Waals surface area contributed by atoms with E-state index in [-0.39, 0.29) is 23.9 Å². The molecule has 2 aromatic heterocycles. The Bertz CT molecular complexity index is 1070. The highest BCUT2D eigenvalue weighted by Crippen LogP contribution is 2.41. The van der Waals surface area contributed by atoms with Gasteiger partial charge in [0.25, 0.3) is 6.43 Å². The first-order valence-electron chi connectivity index (χ1n) is 9.36. The van der Waals surface area contributed by atoms with E-state index in [1.54, 1.807) is 6.92 Å². The van der Waals surface area contributed by atoms with E-state index in [4.69, 9.17) is 0 Å². The van der Waals surface area contributed by atoms with Crippen LogP contribution in [0.1, 0.15) is 53.3 Å². The highest BCUT2D eigenvalue weighted by atomic mass is 19.3. The molecule has 0 bridgehead atoms. The molecule has 0 unspecified atom stereocenters. The molecule has 3 aromatic rings. The lowest BCUT2D eigenvalue weighted by atomic mass is 10.1. The SMILES string of the molecule is Cc1ccc(NC(=O)Cn2nc(C)c3c(C(F)F)cc(C4CC4)nc32)cc1C. The standard InChI is InChI=1S/C21H22F2N4O/c1-11-4-7-15(8-12(11)2)24-18(28)10-27-21-19(13(3)26-27)16(20(22)23)9-17(25-21)14-5-6-14/h4,7-9,14,20H,5-6,10H2,1-3H3,(H,24,28). The molecule has 1 saturated carbocycles. The first-order valence-corrected chi connectivity index (χ1v) is 9.36. The van der Waals surface area contributed by atoms with Crippen LogP contribution in [-0.4, -0.2) is 20.7 Å². The molecule has 146 valence electrons. The van der Waals surface area contributed by atoms with E-state index in [2.05, 4.69) is 15.4 Å². The van der Waals surface area contributed by atoms with E-state index in [1.807, 2.05) is 32.0 Å². The summed E-state index contributed by atoms with van der Waals surface area (Å²) in [7, 11) is 0. The molecule has 1 aliphatic carbocycles.